The van der Waals surface area contributed by atoms with Crippen LogP contribution in [0.5, 0.6) is 5.75 Å². The van der Waals surface area contributed by atoms with Crippen LogP contribution in [-0.2, 0) is 16.0 Å². The molecule has 190 valence electrons. The minimum atomic E-state index is -1.56. The number of hydrogen-bond acceptors (Lipinski definition) is 6. The Bertz CT molecular complexity index is 1120. The average molecular weight is 491 g/mol. The SMILES string of the molecule is CCc1cccc([C@H](CB(O)O)NC(=O)CCOc2cccc(C=C(C#N)C(=O)NC(C)(C)C)c2)c1. The van der Waals surface area contributed by atoms with E-state index in [2.05, 4.69) is 10.6 Å². The fraction of sp³-hybridized carbons (Fsp3) is 0.370. The van der Waals surface area contributed by atoms with Crippen LogP contribution in [-0.4, -0.2) is 41.1 Å². The van der Waals surface area contributed by atoms with Crippen molar-refractivity contribution < 1.29 is 24.4 Å². The van der Waals surface area contributed by atoms with Gasteiger partial charge in [-0.1, -0.05) is 43.3 Å². The number of nitrogens with one attached hydrogen (secondary N) is 2. The second-order valence-corrected chi connectivity index (χ2v) is 9.48. The summed E-state index contributed by atoms with van der Waals surface area (Å²) in [5.41, 5.74) is 2.02. The van der Waals surface area contributed by atoms with E-state index >= 15 is 0 Å². The van der Waals surface area contributed by atoms with Crippen LogP contribution < -0.4 is 15.4 Å². The van der Waals surface area contributed by atoms with Gasteiger partial charge in [0.05, 0.1) is 19.1 Å². The number of carbonyl (C=O) groups excluding carboxylic acids is 2. The largest absolute Gasteiger partial charge is 0.493 e. The number of hydrogen-bond donors (Lipinski definition) is 4. The zero-order valence-corrected chi connectivity index (χ0v) is 21.2. The third-order valence-electron chi connectivity index (χ3n) is 5.16. The van der Waals surface area contributed by atoms with Crippen LogP contribution in [0.4, 0.5) is 0 Å². The Morgan fingerprint density at radius 2 is 1.89 bits per heavy atom. The van der Waals surface area contributed by atoms with Gasteiger partial charge in [-0.05, 0) is 62.1 Å². The molecule has 0 aromatic heterocycles. The van der Waals surface area contributed by atoms with Crippen LogP contribution in [0.1, 0.15) is 56.8 Å². The van der Waals surface area contributed by atoms with Crippen molar-refractivity contribution in [2.24, 2.45) is 0 Å². The van der Waals surface area contributed by atoms with Crippen molar-refractivity contribution in [1.29, 1.82) is 5.26 Å². The first-order valence-corrected chi connectivity index (χ1v) is 11.9. The molecule has 0 aliphatic rings. The Labute approximate surface area is 213 Å². The zero-order valence-electron chi connectivity index (χ0n) is 21.2. The lowest BCUT2D eigenvalue weighted by Gasteiger charge is -2.20. The number of ether oxygens (including phenoxy) is 1. The van der Waals surface area contributed by atoms with Gasteiger partial charge in [0.25, 0.3) is 5.91 Å². The second kappa shape index (κ2) is 13.5. The Balaban J connectivity index is 1.99. The zero-order chi connectivity index (χ0) is 26.7. The summed E-state index contributed by atoms with van der Waals surface area (Å²) in [6.45, 7) is 7.62. The summed E-state index contributed by atoms with van der Waals surface area (Å²) in [5, 5.41) is 33.9. The van der Waals surface area contributed by atoms with E-state index < -0.39 is 24.6 Å². The topological polar surface area (TPSA) is 132 Å². The van der Waals surface area contributed by atoms with Crippen LogP contribution in [0, 0.1) is 11.3 Å². The highest BCUT2D eigenvalue weighted by molar-refractivity contribution is 6.41. The molecule has 0 bridgehead atoms. The van der Waals surface area contributed by atoms with Crippen LogP contribution in [0.2, 0.25) is 6.32 Å². The summed E-state index contributed by atoms with van der Waals surface area (Å²) in [4.78, 5) is 24.9. The minimum absolute atomic E-state index is 0.0225. The molecule has 2 aromatic carbocycles. The van der Waals surface area contributed by atoms with E-state index in [1.165, 1.54) is 6.08 Å². The standard InChI is InChI=1S/C27H34BN3O5/c1-5-19-8-6-10-21(14-19)24(17-28(34)35)30-25(32)12-13-36-23-11-7-9-20(16-23)15-22(18-29)26(33)31-27(2,3)4/h6-11,14-16,24,34-35H,5,12-13,17H2,1-4H3,(H,30,32)(H,31,33)/t24-/m0/s1. The first-order valence-electron chi connectivity index (χ1n) is 11.9. The van der Waals surface area contributed by atoms with Crippen LogP contribution in [0.3, 0.4) is 0 Å². The molecule has 0 saturated carbocycles. The lowest BCUT2D eigenvalue weighted by Crippen LogP contribution is -2.41. The first kappa shape index (κ1) is 28.6. The van der Waals surface area contributed by atoms with E-state index in [9.17, 15) is 24.9 Å². The number of carbonyl (C=O) groups is 2. The molecule has 8 nitrogen and oxygen atoms in total. The third-order valence-corrected chi connectivity index (χ3v) is 5.16. The van der Waals surface area contributed by atoms with Crippen molar-refractivity contribution in [3.8, 4) is 11.8 Å². The summed E-state index contributed by atoms with van der Waals surface area (Å²) >= 11 is 0. The monoisotopic (exact) mass is 491 g/mol. The first-order chi connectivity index (χ1) is 17.0. The van der Waals surface area contributed by atoms with Crippen molar-refractivity contribution in [2.45, 2.75) is 58.4 Å². The van der Waals surface area contributed by atoms with Gasteiger partial charge in [-0.15, -0.1) is 0 Å². The maximum absolute atomic E-state index is 12.5. The number of nitrogens with zero attached hydrogens (tertiary/aromatic N) is 1. The van der Waals surface area contributed by atoms with E-state index in [1.54, 1.807) is 24.3 Å². The summed E-state index contributed by atoms with van der Waals surface area (Å²) in [7, 11) is -1.56. The third kappa shape index (κ3) is 9.94. The fourth-order valence-electron chi connectivity index (χ4n) is 3.46. The number of aryl methyl sites for hydroxylation is 1. The van der Waals surface area contributed by atoms with Gasteiger partial charge < -0.3 is 25.4 Å². The molecule has 0 aliphatic heterocycles. The highest BCUT2D eigenvalue weighted by Crippen LogP contribution is 2.21. The molecule has 36 heavy (non-hydrogen) atoms. The number of benzene rings is 2. The van der Waals surface area contributed by atoms with Crippen molar-refractivity contribution in [3.05, 3.63) is 70.8 Å². The van der Waals surface area contributed by atoms with Gasteiger partial charge in [-0.3, -0.25) is 9.59 Å². The van der Waals surface area contributed by atoms with Crippen molar-refractivity contribution in [1.82, 2.24) is 10.6 Å². The quantitative estimate of drug-likeness (QED) is 0.217. The lowest BCUT2D eigenvalue weighted by atomic mass is 9.79. The molecule has 0 unspecified atom stereocenters. The van der Waals surface area contributed by atoms with Gasteiger partial charge >= 0.3 is 7.12 Å². The molecule has 9 heteroatoms. The van der Waals surface area contributed by atoms with Crippen LogP contribution in [0.15, 0.2) is 54.1 Å². The van der Waals surface area contributed by atoms with Gasteiger partial charge in [0.2, 0.25) is 5.91 Å². The molecule has 2 amide bonds. The lowest BCUT2D eigenvalue weighted by molar-refractivity contribution is -0.122. The highest BCUT2D eigenvalue weighted by atomic mass is 16.5. The summed E-state index contributed by atoms with van der Waals surface area (Å²) in [6.07, 6.45) is 2.34. The van der Waals surface area contributed by atoms with E-state index in [4.69, 9.17) is 4.74 Å². The second-order valence-electron chi connectivity index (χ2n) is 9.48. The van der Waals surface area contributed by atoms with Crippen molar-refractivity contribution >= 4 is 25.0 Å². The van der Waals surface area contributed by atoms with E-state index in [1.807, 2.05) is 58.0 Å². The van der Waals surface area contributed by atoms with E-state index in [0.717, 1.165) is 17.5 Å². The molecular weight excluding hydrogens is 457 g/mol. The van der Waals surface area contributed by atoms with Crippen molar-refractivity contribution in [3.63, 3.8) is 0 Å². The van der Waals surface area contributed by atoms with Crippen LogP contribution >= 0.6 is 0 Å². The molecule has 4 N–H and O–H groups in total. The maximum atomic E-state index is 12.5. The maximum Gasteiger partial charge on any atom is 0.453 e. The van der Waals surface area contributed by atoms with Gasteiger partial charge in [0.1, 0.15) is 17.4 Å². The molecular formula is C27H34BN3O5. The Hall–Kier alpha value is -3.61. The normalized spacial score (nSPS) is 12.3. The molecule has 0 radical (unpaired) electrons. The Morgan fingerprint density at radius 1 is 1.17 bits per heavy atom. The summed E-state index contributed by atoms with van der Waals surface area (Å²) < 4.78 is 5.71. The summed E-state index contributed by atoms with van der Waals surface area (Å²) in [5.74, 6) is -0.257. The van der Waals surface area contributed by atoms with Gasteiger partial charge in [-0.2, -0.15) is 5.26 Å². The van der Waals surface area contributed by atoms with E-state index in [-0.39, 0.29) is 30.8 Å². The average Bonchev–Trinajstić information content (AvgIpc) is 2.81. The molecule has 0 heterocycles. The van der Waals surface area contributed by atoms with Gasteiger partial charge in [-0.25, -0.2) is 0 Å². The molecule has 0 fully saturated rings. The number of nitriles is 1. The van der Waals surface area contributed by atoms with E-state index in [0.29, 0.717) is 11.3 Å². The molecule has 2 rings (SSSR count). The molecule has 1 atom stereocenters. The smallest absolute Gasteiger partial charge is 0.453 e. The Kier molecular flexibility index (Phi) is 10.7. The number of rotatable bonds is 11. The summed E-state index contributed by atoms with van der Waals surface area (Å²) in [6, 6.07) is 15.9. The highest BCUT2D eigenvalue weighted by Gasteiger charge is 2.21. The van der Waals surface area contributed by atoms with Crippen LogP contribution in [0.25, 0.3) is 6.08 Å². The Morgan fingerprint density at radius 3 is 2.53 bits per heavy atom. The fourth-order valence-corrected chi connectivity index (χ4v) is 3.46. The minimum Gasteiger partial charge on any atom is -0.493 e. The van der Waals surface area contributed by atoms with Gasteiger partial charge in [0.15, 0.2) is 0 Å². The molecule has 0 spiro atoms. The molecule has 2 aromatic rings. The van der Waals surface area contributed by atoms with Crippen molar-refractivity contribution in [2.75, 3.05) is 6.61 Å². The predicted molar refractivity (Wildman–Crippen MR) is 140 cm³/mol. The predicted octanol–water partition coefficient (Wildman–Crippen LogP) is 3.17. The van der Waals surface area contributed by atoms with Gasteiger partial charge in [0, 0.05) is 11.9 Å². The number of amides is 2. The molecule has 0 saturated heterocycles. The molecule has 0 aliphatic carbocycles.